The Morgan fingerprint density at radius 1 is 1.00 bits per heavy atom. The number of aliphatic hydroxyl groups is 1. The summed E-state index contributed by atoms with van der Waals surface area (Å²) in [5, 5.41) is 9.69. The number of carbonyl (C=O) groups excluding carboxylic acids is 1. The van der Waals surface area contributed by atoms with E-state index < -0.39 is 0 Å². The van der Waals surface area contributed by atoms with E-state index in [4.69, 9.17) is 0 Å². The summed E-state index contributed by atoms with van der Waals surface area (Å²) in [6, 6.07) is 4.83. The van der Waals surface area contributed by atoms with E-state index in [0.29, 0.717) is 11.9 Å². The van der Waals surface area contributed by atoms with Crippen molar-refractivity contribution in [2.24, 2.45) is 5.92 Å². The molecule has 0 radical (unpaired) electrons. The Balaban J connectivity index is 1.25. The van der Waals surface area contributed by atoms with Gasteiger partial charge in [0, 0.05) is 44.6 Å². The highest BCUT2D eigenvalue weighted by Gasteiger charge is 2.34. The standard InChI is InChI=1S/C22H34N4O2/c27-21-7-14-25(15-8-21)22(28)19-2-1-11-26(17-19)20-5-12-24(13-6-20)16-18-3-9-23-10-4-18/h3-4,9-10,19-21,27H,1-2,5-8,11-17H2/t19-/m0/s1. The molecule has 0 aliphatic carbocycles. The van der Waals surface area contributed by atoms with Gasteiger partial charge in [-0.2, -0.15) is 0 Å². The number of hydrogen-bond acceptors (Lipinski definition) is 5. The smallest absolute Gasteiger partial charge is 0.226 e. The minimum absolute atomic E-state index is 0.152. The molecule has 4 heterocycles. The van der Waals surface area contributed by atoms with Crippen molar-refractivity contribution in [2.45, 2.75) is 57.2 Å². The minimum atomic E-state index is -0.218. The summed E-state index contributed by atoms with van der Waals surface area (Å²) in [6.45, 7) is 6.79. The topological polar surface area (TPSA) is 59.9 Å². The summed E-state index contributed by atoms with van der Waals surface area (Å²) < 4.78 is 0. The van der Waals surface area contributed by atoms with Gasteiger partial charge in [0.05, 0.1) is 12.0 Å². The van der Waals surface area contributed by atoms with E-state index in [1.165, 1.54) is 18.4 Å². The fraction of sp³-hybridized carbons (Fsp3) is 0.727. The second-order valence-electron chi connectivity index (χ2n) is 8.75. The molecular weight excluding hydrogens is 352 g/mol. The van der Waals surface area contributed by atoms with Crippen molar-refractivity contribution >= 4 is 5.91 Å². The summed E-state index contributed by atoms with van der Waals surface area (Å²) in [7, 11) is 0. The predicted octanol–water partition coefficient (Wildman–Crippen LogP) is 1.74. The molecule has 0 bridgehead atoms. The molecule has 0 unspecified atom stereocenters. The van der Waals surface area contributed by atoms with Crippen molar-refractivity contribution in [2.75, 3.05) is 39.3 Å². The zero-order valence-corrected chi connectivity index (χ0v) is 16.9. The van der Waals surface area contributed by atoms with Gasteiger partial charge in [-0.15, -0.1) is 0 Å². The molecule has 3 aliphatic rings. The summed E-state index contributed by atoms with van der Waals surface area (Å²) in [4.78, 5) is 24.2. The van der Waals surface area contributed by atoms with Gasteiger partial charge in [-0.25, -0.2) is 0 Å². The number of likely N-dealkylation sites (tertiary alicyclic amines) is 3. The molecule has 28 heavy (non-hydrogen) atoms. The van der Waals surface area contributed by atoms with Crippen LogP contribution in [0.25, 0.3) is 0 Å². The van der Waals surface area contributed by atoms with E-state index in [1.807, 2.05) is 17.3 Å². The SMILES string of the molecule is O=C([C@H]1CCCN(C2CCN(Cc3ccncc3)CC2)C1)N1CCC(O)CC1. The van der Waals surface area contributed by atoms with Crippen LogP contribution in [-0.4, -0.2) is 82.1 Å². The van der Waals surface area contributed by atoms with Crippen LogP contribution in [0.2, 0.25) is 0 Å². The van der Waals surface area contributed by atoms with Crippen LogP contribution in [0.1, 0.15) is 44.1 Å². The first-order chi connectivity index (χ1) is 13.7. The third-order valence-electron chi connectivity index (χ3n) is 6.81. The average Bonchev–Trinajstić information content (AvgIpc) is 2.75. The quantitative estimate of drug-likeness (QED) is 0.854. The van der Waals surface area contributed by atoms with Crippen LogP contribution in [0.4, 0.5) is 0 Å². The predicted molar refractivity (Wildman–Crippen MR) is 109 cm³/mol. The Hall–Kier alpha value is -1.50. The Morgan fingerprint density at radius 3 is 2.43 bits per heavy atom. The van der Waals surface area contributed by atoms with E-state index >= 15 is 0 Å². The zero-order valence-electron chi connectivity index (χ0n) is 16.9. The first-order valence-electron chi connectivity index (χ1n) is 11.0. The number of aliphatic hydroxyl groups excluding tert-OH is 1. The molecule has 1 aromatic rings. The number of carbonyl (C=O) groups is 1. The molecule has 154 valence electrons. The number of pyridine rings is 1. The van der Waals surface area contributed by atoms with Crippen LogP contribution in [0.15, 0.2) is 24.5 Å². The Bertz CT molecular complexity index is 625. The van der Waals surface area contributed by atoms with Gasteiger partial charge in [-0.1, -0.05) is 0 Å². The number of rotatable bonds is 4. The Labute approximate surface area is 168 Å². The fourth-order valence-corrected chi connectivity index (χ4v) is 5.07. The molecule has 1 amide bonds. The number of hydrogen-bond donors (Lipinski definition) is 1. The normalized spacial score (nSPS) is 26.5. The van der Waals surface area contributed by atoms with Gasteiger partial charge >= 0.3 is 0 Å². The van der Waals surface area contributed by atoms with Crippen molar-refractivity contribution < 1.29 is 9.90 Å². The molecule has 6 nitrogen and oxygen atoms in total. The molecule has 6 heteroatoms. The minimum Gasteiger partial charge on any atom is -0.393 e. The Kier molecular flexibility index (Phi) is 6.60. The van der Waals surface area contributed by atoms with Crippen LogP contribution in [0.3, 0.4) is 0 Å². The number of piperidine rings is 3. The summed E-state index contributed by atoms with van der Waals surface area (Å²) in [6.07, 6.45) is 9.54. The fourth-order valence-electron chi connectivity index (χ4n) is 5.07. The molecule has 3 aliphatic heterocycles. The van der Waals surface area contributed by atoms with E-state index in [9.17, 15) is 9.90 Å². The zero-order chi connectivity index (χ0) is 19.3. The maximum Gasteiger partial charge on any atom is 0.226 e. The third-order valence-corrected chi connectivity index (χ3v) is 6.81. The van der Waals surface area contributed by atoms with Crippen LogP contribution in [0, 0.1) is 5.92 Å². The highest BCUT2D eigenvalue weighted by Crippen LogP contribution is 2.26. The van der Waals surface area contributed by atoms with Gasteiger partial charge in [-0.05, 0) is 75.9 Å². The molecule has 0 spiro atoms. The number of amides is 1. The van der Waals surface area contributed by atoms with Crippen molar-refractivity contribution in [1.82, 2.24) is 19.7 Å². The number of nitrogens with zero attached hydrogens (tertiary/aromatic N) is 4. The maximum atomic E-state index is 12.9. The van der Waals surface area contributed by atoms with Gasteiger partial charge in [-0.3, -0.25) is 19.6 Å². The van der Waals surface area contributed by atoms with Crippen LogP contribution in [0.5, 0.6) is 0 Å². The molecule has 3 saturated heterocycles. The van der Waals surface area contributed by atoms with Gasteiger partial charge in [0.25, 0.3) is 0 Å². The van der Waals surface area contributed by atoms with Crippen LogP contribution >= 0.6 is 0 Å². The second kappa shape index (κ2) is 9.33. The van der Waals surface area contributed by atoms with Gasteiger partial charge in [0.15, 0.2) is 0 Å². The first kappa shape index (κ1) is 19.8. The van der Waals surface area contributed by atoms with Crippen molar-refractivity contribution in [1.29, 1.82) is 0 Å². The molecule has 4 rings (SSSR count). The van der Waals surface area contributed by atoms with Crippen LogP contribution in [-0.2, 0) is 11.3 Å². The Morgan fingerprint density at radius 2 is 1.71 bits per heavy atom. The van der Waals surface area contributed by atoms with Crippen molar-refractivity contribution in [3.05, 3.63) is 30.1 Å². The van der Waals surface area contributed by atoms with Crippen molar-refractivity contribution in [3.63, 3.8) is 0 Å². The molecule has 3 fully saturated rings. The van der Waals surface area contributed by atoms with Gasteiger partial charge in [0.1, 0.15) is 0 Å². The maximum absolute atomic E-state index is 12.9. The lowest BCUT2D eigenvalue weighted by Crippen LogP contribution is -2.52. The molecule has 1 atom stereocenters. The molecule has 1 N–H and O–H groups in total. The largest absolute Gasteiger partial charge is 0.393 e. The highest BCUT2D eigenvalue weighted by atomic mass is 16.3. The monoisotopic (exact) mass is 386 g/mol. The van der Waals surface area contributed by atoms with E-state index in [2.05, 4.69) is 26.9 Å². The third kappa shape index (κ3) is 4.91. The summed E-state index contributed by atoms with van der Waals surface area (Å²) in [5.74, 6) is 0.477. The first-order valence-corrected chi connectivity index (χ1v) is 11.0. The van der Waals surface area contributed by atoms with Gasteiger partial charge < -0.3 is 10.0 Å². The van der Waals surface area contributed by atoms with E-state index in [0.717, 1.165) is 71.5 Å². The summed E-state index contributed by atoms with van der Waals surface area (Å²) in [5.41, 5.74) is 1.34. The highest BCUT2D eigenvalue weighted by molar-refractivity contribution is 5.79. The number of aromatic nitrogens is 1. The lowest BCUT2D eigenvalue weighted by molar-refractivity contribution is -0.139. The van der Waals surface area contributed by atoms with E-state index in [-0.39, 0.29) is 12.0 Å². The van der Waals surface area contributed by atoms with Gasteiger partial charge in [0.2, 0.25) is 5.91 Å². The molecule has 0 saturated carbocycles. The van der Waals surface area contributed by atoms with Crippen molar-refractivity contribution in [3.8, 4) is 0 Å². The second-order valence-corrected chi connectivity index (χ2v) is 8.75. The lowest BCUT2D eigenvalue weighted by Gasteiger charge is -2.43. The summed E-state index contributed by atoms with van der Waals surface area (Å²) >= 11 is 0. The van der Waals surface area contributed by atoms with E-state index in [1.54, 1.807) is 0 Å². The molecule has 1 aromatic heterocycles. The molecule has 0 aromatic carbocycles. The van der Waals surface area contributed by atoms with Crippen LogP contribution < -0.4 is 0 Å². The lowest BCUT2D eigenvalue weighted by atomic mass is 9.92. The average molecular weight is 387 g/mol. The molecular formula is C22H34N4O2.